The minimum atomic E-state index is -0.143. The number of nitrogens with one attached hydrogen (secondary N) is 1. The molecular formula is C13H14BrN3O. The predicted molar refractivity (Wildman–Crippen MR) is 75.1 cm³/mol. The maximum Gasteiger partial charge on any atom is 0.252 e. The Balaban J connectivity index is 2.08. The van der Waals surface area contributed by atoms with E-state index in [2.05, 4.69) is 21.2 Å². The average Bonchev–Trinajstić information content (AvgIpc) is 2.75. The highest BCUT2D eigenvalue weighted by atomic mass is 79.9. The normalized spacial score (nSPS) is 10.3. The van der Waals surface area contributed by atoms with E-state index in [0.717, 1.165) is 10.2 Å². The molecule has 0 fully saturated rings. The summed E-state index contributed by atoms with van der Waals surface area (Å²) < 4.78 is 2.70. The van der Waals surface area contributed by atoms with Crippen molar-refractivity contribution in [3.8, 4) is 0 Å². The average molecular weight is 308 g/mol. The van der Waals surface area contributed by atoms with E-state index in [9.17, 15) is 4.79 Å². The van der Waals surface area contributed by atoms with Crippen LogP contribution in [-0.2, 0) is 13.6 Å². The second kappa shape index (κ2) is 5.27. The fourth-order valence-corrected chi connectivity index (χ4v) is 2.09. The van der Waals surface area contributed by atoms with Gasteiger partial charge < -0.3 is 15.6 Å². The molecule has 2 aromatic rings. The maximum absolute atomic E-state index is 12.0. The number of rotatable bonds is 3. The van der Waals surface area contributed by atoms with Gasteiger partial charge in [-0.15, -0.1) is 0 Å². The van der Waals surface area contributed by atoms with Crippen LogP contribution < -0.4 is 11.1 Å². The summed E-state index contributed by atoms with van der Waals surface area (Å²) in [6.07, 6.45) is 1.94. The Morgan fingerprint density at radius 1 is 1.44 bits per heavy atom. The van der Waals surface area contributed by atoms with Crippen molar-refractivity contribution in [2.45, 2.75) is 6.54 Å². The first-order valence-corrected chi connectivity index (χ1v) is 6.30. The van der Waals surface area contributed by atoms with E-state index >= 15 is 0 Å². The van der Waals surface area contributed by atoms with E-state index in [1.54, 1.807) is 18.2 Å². The van der Waals surface area contributed by atoms with Crippen molar-refractivity contribution in [2.75, 3.05) is 5.73 Å². The molecule has 1 amide bonds. The summed E-state index contributed by atoms with van der Waals surface area (Å²) in [4.78, 5) is 12.0. The number of aromatic nitrogens is 1. The third-order valence-corrected chi connectivity index (χ3v) is 3.41. The van der Waals surface area contributed by atoms with Crippen molar-refractivity contribution >= 4 is 27.5 Å². The number of amides is 1. The number of carbonyl (C=O) groups is 1. The van der Waals surface area contributed by atoms with Gasteiger partial charge in [0.25, 0.3) is 5.91 Å². The SMILES string of the molecule is Cn1cccc1CNC(=O)c1cc(N)ccc1Br. The Labute approximate surface area is 114 Å². The fraction of sp³-hybridized carbons (Fsp3) is 0.154. The first-order chi connectivity index (χ1) is 8.58. The molecule has 5 heteroatoms. The van der Waals surface area contributed by atoms with Crippen LogP contribution in [0.5, 0.6) is 0 Å². The number of carbonyl (C=O) groups excluding carboxylic acids is 1. The summed E-state index contributed by atoms with van der Waals surface area (Å²) in [5.74, 6) is -0.143. The van der Waals surface area contributed by atoms with E-state index in [1.165, 1.54) is 0 Å². The summed E-state index contributed by atoms with van der Waals surface area (Å²) in [7, 11) is 1.94. The van der Waals surface area contributed by atoms with Crippen molar-refractivity contribution in [1.29, 1.82) is 0 Å². The highest BCUT2D eigenvalue weighted by molar-refractivity contribution is 9.10. The molecular weight excluding hydrogens is 294 g/mol. The van der Waals surface area contributed by atoms with E-state index < -0.39 is 0 Å². The van der Waals surface area contributed by atoms with Gasteiger partial charge in [-0.25, -0.2) is 0 Å². The molecule has 4 nitrogen and oxygen atoms in total. The van der Waals surface area contributed by atoms with E-state index in [-0.39, 0.29) is 5.91 Å². The molecule has 1 aromatic heterocycles. The number of nitrogen functional groups attached to an aromatic ring is 1. The first kappa shape index (κ1) is 12.7. The molecule has 1 aromatic carbocycles. The third kappa shape index (κ3) is 2.73. The molecule has 0 spiro atoms. The molecule has 0 saturated heterocycles. The van der Waals surface area contributed by atoms with Crippen molar-refractivity contribution in [3.63, 3.8) is 0 Å². The van der Waals surface area contributed by atoms with Gasteiger partial charge in [-0.2, -0.15) is 0 Å². The smallest absolute Gasteiger partial charge is 0.252 e. The zero-order valence-electron chi connectivity index (χ0n) is 9.98. The Kier molecular flexibility index (Phi) is 3.72. The second-order valence-electron chi connectivity index (χ2n) is 4.03. The highest BCUT2D eigenvalue weighted by Gasteiger charge is 2.10. The first-order valence-electron chi connectivity index (χ1n) is 5.51. The molecule has 0 unspecified atom stereocenters. The molecule has 0 radical (unpaired) electrons. The van der Waals surface area contributed by atoms with E-state index in [0.29, 0.717) is 17.8 Å². The number of nitrogens with two attached hydrogens (primary N) is 1. The molecule has 3 N–H and O–H groups in total. The van der Waals surface area contributed by atoms with Crippen LogP contribution in [0.25, 0.3) is 0 Å². The summed E-state index contributed by atoms with van der Waals surface area (Å²) >= 11 is 3.34. The van der Waals surface area contributed by atoms with Gasteiger partial charge in [-0.3, -0.25) is 4.79 Å². The van der Waals surface area contributed by atoms with Crippen molar-refractivity contribution in [3.05, 3.63) is 52.3 Å². The van der Waals surface area contributed by atoms with Crippen molar-refractivity contribution < 1.29 is 4.79 Å². The van der Waals surface area contributed by atoms with Crippen LogP contribution >= 0.6 is 15.9 Å². The molecule has 0 aliphatic carbocycles. The van der Waals surface area contributed by atoms with Crippen LogP contribution in [0.2, 0.25) is 0 Å². The monoisotopic (exact) mass is 307 g/mol. The lowest BCUT2D eigenvalue weighted by molar-refractivity contribution is 0.0949. The van der Waals surface area contributed by atoms with Gasteiger partial charge in [-0.05, 0) is 46.3 Å². The number of nitrogens with zero attached hydrogens (tertiary/aromatic N) is 1. The van der Waals surface area contributed by atoms with Crippen molar-refractivity contribution in [2.24, 2.45) is 7.05 Å². The Bertz CT molecular complexity index is 577. The standard InChI is InChI=1S/C13H14BrN3O/c1-17-6-2-3-10(17)8-16-13(18)11-7-9(15)4-5-12(11)14/h2-7H,8,15H2,1H3,(H,16,18). The summed E-state index contributed by atoms with van der Waals surface area (Å²) in [6, 6.07) is 9.09. The Hall–Kier alpha value is -1.75. The third-order valence-electron chi connectivity index (χ3n) is 2.72. The number of hydrogen-bond donors (Lipinski definition) is 2. The van der Waals surface area contributed by atoms with Crippen LogP contribution in [0, 0.1) is 0 Å². The van der Waals surface area contributed by atoms with Crippen molar-refractivity contribution in [1.82, 2.24) is 9.88 Å². The predicted octanol–water partition coefficient (Wildman–Crippen LogP) is 2.30. The van der Waals surface area contributed by atoms with Gasteiger partial charge >= 0.3 is 0 Å². The van der Waals surface area contributed by atoms with Crippen LogP contribution in [0.1, 0.15) is 16.1 Å². The molecule has 0 aliphatic heterocycles. The van der Waals surface area contributed by atoms with Gasteiger partial charge in [-0.1, -0.05) is 0 Å². The number of anilines is 1. The zero-order valence-corrected chi connectivity index (χ0v) is 11.6. The minimum absolute atomic E-state index is 0.143. The van der Waals surface area contributed by atoms with Gasteiger partial charge in [0.15, 0.2) is 0 Å². The van der Waals surface area contributed by atoms with Crippen LogP contribution in [0.4, 0.5) is 5.69 Å². The fourth-order valence-electron chi connectivity index (χ4n) is 1.66. The van der Waals surface area contributed by atoms with Gasteiger partial charge in [0.05, 0.1) is 12.1 Å². The molecule has 0 atom stereocenters. The van der Waals surface area contributed by atoms with Crippen LogP contribution in [0.15, 0.2) is 41.0 Å². The highest BCUT2D eigenvalue weighted by Crippen LogP contribution is 2.19. The zero-order chi connectivity index (χ0) is 13.1. The number of halogens is 1. The lowest BCUT2D eigenvalue weighted by atomic mass is 10.2. The van der Waals surface area contributed by atoms with E-state index in [4.69, 9.17) is 5.73 Å². The quantitative estimate of drug-likeness (QED) is 0.855. The Morgan fingerprint density at radius 2 is 2.22 bits per heavy atom. The Morgan fingerprint density at radius 3 is 2.89 bits per heavy atom. The van der Waals surface area contributed by atoms with Gasteiger partial charge in [0.2, 0.25) is 0 Å². The van der Waals surface area contributed by atoms with Gasteiger partial charge in [0, 0.05) is 29.1 Å². The molecule has 1 heterocycles. The lowest BCUT2D eigenvalue weighted by Crippen LogP contribution is -2.24. The molecule has 94 valence electrons. The second-order valence-corrected chi connectivity index (χ2v) is 4.89. The molecule has 0 bridgehead atoms. The lowest BCUT2D eigenvalue weighted by Gasteiger charge is -2.08. The van der Waals surface area contributed by atoms with Gasteiger partial charge in [0.1, 0.15) is 0 Å². The minimum Gasteiger partial charge on any atom is -0.399 e. The number of benzene rings is 1. The van der Waals surface area contributed by atoms with E-state index in [1.807, 2.05) is 29.9 Å². The summed E-state index contributed by atoms with van der Waals surface area (Å²) in [5.41, 5.74) is 7.84. The topological polar surface area (TPSA) is 60.0 Å². The molecule has 18 heavy (non-hydrogen) atoms. The van der Waals surface area contributed by atoms with Crippen LogP contribution in [-0.4, -0.2) is 10.5 Å². The molecule has 0 aliphatic rings. The maximum atomic E-state index is 12.0. The number of aryl methyl sites for hydroxylation is 1. The molecule has 2 rings (SSSR count). The summed E-state index contributed by atoms with van der Waals surface area (Å²) in [6.45, 7) is 0.490. The largest absolute Gasteiger partial charge is 0.399 e. The molecule has 0 saturated carbocycles. The van der Waals surface area contributed by atoms with Crippen LogP contribution in [0.3, 0.4) is 0 Å². The summed E-state index contributed by atoms with van der Waals surface area (Å²) in [5, 5.41) is 2.86. The number of hydrogen-bond acceptors (Lipinski definition) is 2.